The number of aryl methyl sites for hydroxylation is 1. The molecule has 0 aliphatic rings. The van der Waals surface area contributed by atoms with Crippen molar-refractivity contribution in [1.29, 1.82) is 0 Å². The zero-order chi connectivity index (χ0) is 10.7. The van der Waals surface area contributed by atoms with Crippen molar-refractivity contribution in [2.24, 2.45) is 12.8 Å². The van der Waals surface area contributed by atoms with E-state index in [-0.39, 0.29) is 12.1 Å². The van der Waals surface area contributed by atoms with E-state index in [1.807, 2.05) is 0 Å². The fourth-order valence-corrected chi connectivity index (χ4v) is 1.22. The summed E-state index contributed by atoms with van der Waals surface area (Å²) in [5, 5.41) is 13.4. The van der Waals surface area contributed by atoms with Gasteiger partial charge in [-0.2, -0.15) is 5.10 Å². The summed E-state index contributed by atoms with van der Waals surface area (Å²) in [6.45, 7) is 0.0313. The number of rotatable bonds is 3. The lowest BCUT2D eigenvalue weighted by Gasteiger charge is -2.09. The normalized spacial score (nSPS) is 12.6. The topological polar surface area (TPSA) is 90.4 Å². The highest BCUT2D eigenvalue weighted by molar-refractivity contribution is 5.90. The summed E-state index contributed by atoms with van der Waals surface area (Å²) in [6, 6.07) is 0. The van der Waals surface area contributed by atoms with Gasteiger partial charge in [-0.05, 0) is 0 Å². The molecule has 1 aromatic heterocycles. The van der Waals surface area contributed by atoms with Crippen LogP contribution in [-0.4, -0.2) is 34.5 Å². The van der Waals surface area contributed by atoms with E-state index >= 15 is 0 Å². The number of carbonyl (C=O) groups excluding carboxylic acids is 1. The summed E-state index contributed by atoms with van der Waals surface area (Å²) in [7, 11) is 2.90. The molecule has 6 nitrogen and oxygen atoms in total. The minimum atomic E-state index is -0.906. The molecule has 0 aliphatic heterocycles. The first kappa shape index (κ1) is 10.7. The van der Waals surface area contributed by atoms with Crippen LogP contribution >= 0.6 is 0 Å². The zero-order valence-corrected chi connectivity index (χ0v) is 8.10. The summed E-state index contributed by atoms with van der Waals surface area (Å²) in [5.74, 6) is -0.527. The summed E-state index contributed by atoms with van der Waals surface area (Å²) in [5.41, 5.74) is 5.92. The number of hydrogen-bond donors (Lipinski definition) is 2. The number of carbonyl (C=O) groups is 1. The number of aliphatic hydroxyl groups is 1. The highest BCUT2D eigenvalue weighted by Crippen LogP contribution is 2.16. The predicted octanol–water partition coefficient (Wildman–Crippen LogP) is -0.801. The number of aliphatic hydroxyl groups excluding tert-OH is 1. The van der Waals surface area contributed by atoms with E-state index in [1.165, 1.54) is 18.0 Å². The first-order valence-corrected chi connectivity index (χ1v) is 4.10. The number of hydrogen-bond acceptors (Lipinski definition) is 5. The highest BCUT2D eigenvalue weighted by atomic mass is 16.5. The van der Waals surface area contributed by atoms with E-state index in [1.54, 1.807) is 7.05 Å². The maximum absolute atomic E-state index is 11.2. The largest absolute Gasteiger partial charge is 0.465 e. The SMILES string of the molecule is COC(=O)c1cnn(C)c1C(O)CN. The molecule has 1 heterocycles. The van der Waals surface area contributed by atoms with Crippen LogP contribution in [0.4, 0.5) is 0 Å². The second kappa shape index (κ2) is 4.21. The molecule has 0 amide bonds. The van der Waals surface area contributed by atoms with E-state index in [2.05, 4.69) is 9.84 Å². The second-order valence-electron chi connectivity index (χ2n) is 2.81. The molecule has 1 aromatic rings. The molecule has 0 radical (unpaired) electrons. The van der Waals surface area contributed by atoms with Crippen molar-refractivity contribution in [3.8, 4) is 0 Å². The molecule has 0 fully saturated rings. The molecule has 3 N–H and O–H groups in total. The molecule has 0 bridgehead atoms. The average molecular weight is 199 g/mol. The van der Waals surface area contributed by atoms with Crippen molar-refractivity contribution in [2.45, 2.75) is 6.10 Å². The molecule has 0 saturated heterocycles. The third-order valence-corrected chi connectivity index (χ3v) is 1.93. The monoisotopic (exact) mass is 199 g/mol. The van der Waals surface area contributed by atoms with Crippen LogP contribution in [0.3, 0.4) is 0 Å². The Bertz CT molecular complexity index is 335. The minimum Gasteiger partial charge on any atom is -0.465 e. The molecule has 78 valence electrons. The van der Waals surface area contributed by atoms with Crippen LogP contribution in [0, 0.1) is 0 Å². The lowest BCUT2D eigenvalue weighted by Crippen LogP contribution is -2.18. The van der Waals surface area contributed by atoms with Gasteiger partial charge < -0.3 is 15.6 Å². The van der Waals surface area contributed by atoms with Gasteiger partial charge in [-0.15, -0.1) is 0 Å². The highest BCUT2D eigenvalue weighted by Gasteiger charge is 2.21. The Hall–Kier alpha value is -1.40. The number of aromatic nitrogens is 2. The second-order valence-corrected chi connectivity index (χ2v) is 2.81. The smallest absolute Gasteiger partial charge is 0.341 e. The van der Waals surface area contributed by atoms with Crippen molar-refractivity contribution < 1.29 is 14.6 Å². The first-order chi connectivity index (χ1) is 6.61. The van der Waals surface area contributed by atoms with Crippen LogP contribution in [0.15, 0.2) is 6.20 Å². The Morgan fingerprint density at radius 1 is 1.86 bits per heavy atom. The first-order valence-electron chi connectivity index (χ1n) is 4.10. The maximum Gasteiger partial charge on any atom is 0.341 e. The average Bonchev–Trinajstić information content (AvgIpc) is 2.58. The van der Waals surface area contributed by atoms with Crippen molar-refractivity contribution >= 4 is 5.97 Å². The number of nitrogens with two attached hydrogens (primary N) is 1. The van der Waals surface area contributed by atoms with Gasteiger partial charge in [0.2, 0.25) is 0 Å². The zero-order valence-electron chi connectivity index (χ0n) is 8.10. The standard InChI is InChI=1S/C8H13N3O3/c1-11-7(6(12)3-9)5(4-10-11)8(13)14-2/h4,6,12H,3,9H2,1-2H3. The van der Waals surface area contributed by atoms with Gasteiger partial charge in [0.15, 0.2) is 0 Å². The van der Waals surface area contributed by atoms with Crippen LogP contribution in [0.5, 0.6) is 0 Å². The third kappa shape index (κ3) is 1.75. The molecule has 0 aliphatic carbocycles. The van der Waals surface area contributed by atoms with Crippen molar-refractivity contribution in [1.82, 2.24) is 9.78 Å². The number of esters is 1. The maximum atomic E-state index is 11.2. The summed E-state index contributed by atoms with van der Waals surface area (Å²) < 4.78 is 5.95. The van der Waals surface area contributed by atoms with Gasteiger partial charge in [0.05, 0.1) is 19.0 Å². The fourth-order valence-electron chi connectivity index (χ4n) is 1.22. The van der Waals surface area contributed by atoms with Gasteiger partial charge in [-0.25, -0.2) is 4.79 Å². The van der Waals surface area contributed by atoms with Crippen molar-refractivity contribution in [3.63, 3.8) is 0 Å². The lowest BCUT2D eigenvalue weighted by molar-refractivity contribution is 0.0593. The van der Waals surface area contributed by atoms with Crippen LogP contribution in [0.25, 0.3) is 0 Å². The summed E-state index contributed by atoms with van der Waals surface area (Å²) in [4.78, 5) is 11.2. The third-order valence-electron chi connectivity index (χ3n) is 1.93. The molecule has 1 unspecified atom stereocenters. The number of nitrogens with zero attached hydrogens (tertiary/aromatic N) is 2. The molecule has 1 rings (SSSR count). The van der Waals surface area contributed by atoms with E-state index in [9.17, 15) is 9.90 Å². The molecular weight excluding hydrogens is 186 g/mol. The molecule has 0 spiro atoms. The Kier molecular flexibility index (Phi) is 3.21. The van der Waals surface area contributed by atoms with Crippen molar-refractivity contribution in [3.05, 3.63) is 17.5 Å². The van der Waals surface area contributed by atoms with Gasteiger partial charge in [-0.3, -0.25) is 4.68 Å². The molecule has 0 aromatic carbocycles. The Balaban J connectivity index is 3.12. The van der Waals surface area contributed by atoms with E-state index in [0.29, 0.717) is 5.69 Å². The van der Waals surface area contributed by atoms with Crippen LogP contribution in [-0.2, 0) is 11.8 Å². The molecule has 0 saturated carbocycles. The summed E-state index contributed by atoms with van der Waals surface area (Å²) in [6.07, 6.45) is 0.441. The Morgan fingerprint density at radius 2 is 2.50 bits per heavy atom. The minimum absolute atomic E-state index is 0.0313. The number of methoxy groups -OCH3 is 1. The summed E-state index contributed by atoms with van der Waals surface area (Å²) >= 11 is 0. The quantitative estimate of drug-likeness (QED) is 0.622. The lowest BCUT2D eigenvalue weighted by atomic mass is 10.1. The Labute approximate surface area is 81.3 Å². The van der Waals surface area contributed by atoms with Crippen molar-refractivity contribution in [2.75, 3.05) is 13.7 Å². The molecule has 1 atom stereocenters. The van der Waals surface area contributed by atoms with Gasteiger partial charge in [0, 0.05) is 13.6 Å². The van der Waals surface area contributed by atoms with E-state index in [0.717, 1.165) is 0 Å². The number of ether oxygens (including phenoxy) is 1. The Morgan fingerprint density at radius 3 is 3.00 bits per heavy atom. The van der Waals surface area contributed by atoms with Crippen LogP contribution in [0.2, 0.25) is 0 Å². The van der Waals surface area contributed by atoms with Gasteiger partial charge in [0.1, 0.15) is 11.7 Å². The van der Waals surface area contributed by atoms with E-state index in [4.69, 9.17) is 5.73 Å². The molecule has 14 heavy (non-hydrogen) atoms. The predicted molar refractivity (Wildman–Crippen MR) is 48.6 cm³/mol. The fraction of sp³-hybridized carbons (Fsp3) is 0.500. The van der Waals surface area contributed by atoms with Crippen LogP contribution in [0.1, 0.15) is 22.2 Å². The van der Waals surface area contributed by atoms with Gasteiger partial charge >= 0.3 is 5.97 Å². The molecular formula is C8H13N3O3. The van der Waals surface area contributed by atoms with E-state index < -0.39 is 12.1 Å². The van der Waals surface area contributed by atoms with Gasteiger partial charge in [0.25, 0.3) is 0 Å². The van der Waals surface area contributed by atoms with Gasteiger partial charge in [-0.1, -0.05) is 0 Å². The molecule has 6 heteroatoms. The van der Waals surface area contributed by atoms with Crippen LogP contribution < -0.4 is 5.73 Å².